The first-order chi connectivity index (χ1) is 17.5. The Morgan fingerprint density at radius 3 is 2.39 bits per heavy atom. The van der Waals surface area contributed by atoms with Gasteiger partial charge in [0.15, 0.2) is 5.69 Å². The standard InChI is InChI=1S/C28H27N5O3/c29-26(34)24-15-8-16-32(24)18-20-11-4-7-14-23(20)30-27(35)25-21-12-5-6-13-22(21)28(36)33(31-25)17-19-9-2-1-3-10-19/h1-7,9-14,24H,8,15-18H2,(H2,29,34)(H,30,35). The summed E-state index contributed by atoms with van der Waals surface area (Å²) >= 11 is 0. The fourth-order valence-electron chi connectivity index (χ4n) is 4.78. The fraction of sp³-hybridized carbons (Fsp3) is 0.214. The molecule has 1 unspecified atom stereocenters. The van der Waals surface area contributed by atoms with Gasteiger partial charge < -0.3 is 11.1 Å². The van der Waals surface area contributed by atoms with Crippen LogP contribution in [0.5, 0.6) is 0 Å². The van der Waals surface area contributed by atoms with Crippen molar-refractivity contribution < 1.29 is 9.59 Å². The molecule has 182 valence electrons. The second-order valence-corrected chi connectivity index (χ2v) is 8.98. The maximum Gasteiger partial charge on any atom is 0.276 e. The van der Waals surface area contributed by atoms with E-state index in [2.05, 4.69) is 10.4 Å². The maximum absolute atomic E-state index is 13.5. The summed E-state index contributed by atoms with van der Waals surface area (Å²) in [6, 6.07) is 23.7. The molecule has 1 saturated heterocycles. The molecule has 2 amide bonds. The highest BCUT2D eigenvalue weighted by Gasteiger charge is 2.29. The van der Waals surface area contributed by atoms with Gasteiger partial charge in [-0.1, -0.05) is 66.7 Å². The van der Waals surface area contributed by atoms with Crippen molar-refractivity contribution in [3.63, 3.8) is 0 Å². The van der Waals surface area contributed by atoms with E-state index in [0.29, 0.717) is 23.0 Å². The highest BCUT2D eigenvalue weighted by molar-refractivity contribution is 6.11. The Balaban J connectivity index is 1.47. The van der Waals surface area contributed by atoms with Crippen LogP contribution in [0.2, 0.25) is 0 Å². The molecule has 3 aromatic carbocycles. The SMILES string of the molecule is NC(=O)C1CCCN1Cc1ccccc1NC(=O)c1nn(Cc2ccccc2)c(=O)c2ccccc12. The number of nitrogens with zero attached hydrogens (tertiary/aromatic N) is 3. The van der Waals surface area contributed by atoms with Crippen molar-refractivity contribution in [1.82, 2.24) is 14.7 Å². The van der Waals surface area contributed by atoms with E-state index in [9.17, 15) is 14.4 Å². The summed E-state index contributed by atoms with van der Waals surface area (Å²) < 4.78 is 1.33. The molecule has 4 aromatic rings. The fourth-order valence-corrected chi connectivity index (χ4v) is 4.78. The van der Waals surface area contributed by atoms with Crippen molar-refractivity contribution in [1.29, 1.82) is 0 Å². The van der Waals surface area contributed by atoms with E-state index in [-0.39, 0.29) is 29.7 Å². The molecule has 0 saturated carbocycles. The van der Waals surface area contributed by atoms with Gasteiger partial charge >= 0.3 is 0 Å². The van der Waals surface area contributed by atoms with E-state index in [4.69, 9.17) is 5.73 Å². The van der Waals surface area contributed by atoms with E-state index in [1.165, 1.54) is 4.68 Å². The number of amides is 2. The van der Waals surface area contributed by atoms with E-state index in [1.807, 2.05) is 59.5 Å². The molecule has 3 N–H and O–H groups in total. The lowest BCUT2D eigenvalue weighted by atomic mass is 10.1. The Morgan fingerprint density at radius 1 is 0.917 bits per heavy atom. The Hall–Kier alpha value is -4.30. The van der Waals surface area contributed by atoms with E-state index in [1.54, 1.807) is 24.3 Å². The lowest BCUT2D eigenvalue weighted by molar-refractivity contribution is -0.122. The summed E-state index contributed by atoms with van der Waals surface area (Å²) in [6.07, 6.45) is 1.64. The van der Waals surface area contributed by atoms with Gasteiger partial charge in [0.05, 0.1) is 18.0 Å². The topological polar surface area (TPSA) is 110 Å². The molecule has 0 bridgehead atoms. The van der Waals surface area contributed by atoms with Crippen LogP contribution in [-0.4, -0.2) is 39.1 Å². The predicted octanol–water partition coefficient (Wildman–Crippen LogP) is 3.15. The highest BCUT2D eigenvalue weighted by Crippen LogP contribution is 2.24. The van der Waals surface area contributed by atoms with Crippen molar-refractivity contribution in [3.05, 3.63) is 106 Å². The number of nitrogens with one attached hydrogen (secondary N) is 1. The van der Waals surface area contributed by atoms with Gasteiger partial charge in [-0.3, -0.25) is 19.3 Å². The minimum Gasteiger partial charge on any atom is -0.368 e. The summed E-state index contributed by atoms with van der Waals surface area (Å²) in [7, 11) is 0. The Labute approximate surface area is 208 Å². The number of primary amides is 1. The van der Waals surface area contributed by atoms with Gasteiger partial charge in [-0.25, -0.2) is 4.68 Å². The first-order valence-electron chi connectivity index (χ1n) is 12.0. The van der Waals surface area contributed by atoms with Crippen molar-refractivity contribution in [3.8, 4) is 0 Å². The number of rotatable bonds is 7. The van der Waals surface area contributed by atoms with E-state index in [0.717, 1.165) is 30.5 Å². The summed E-state index contributed by atoms with van der Waals surface area (Å²) in [5.41, 5.74) is 7.92. The van der Waals surface area contributed by atoms with Crippen LogP contribution in [0.25, 0.3) is 10.8 Å². The molecular formula is C28H27N5O3. The van der Waals surface area contributed by atoms with Crippen LogP contribution >= 0.6 is 0 Å². The molecule has 0 radical (unpaired) electrons. The first-order valence-corrected chi connectivity index (χ1v) is 12.0. The van der Waals surface area contributed by atoms with Crippen LogP contribution in [0, 0.1) is 0 Å². The molecule has 0 aliphatic carbocycles. The Bertz CT molecular complexity index is 1480. The van der Waals surface area contributed by atoms with Crippen LogP contribution in [0.15, 0.2) is 83.7 Å². The Kier molecular flexibility index (Phi) is 6.60. The Morgan fingerprint density at radius 2 is 1.61 bits per heavy atom. The highest BCUT2D eigenvalue weighted by atomic mass is 16.2. The zero-order chi connectivity index (χ0) is 25.1. The number of para-hydroxylation sites is 1. The lowest BCUT2D eigenvalue weighted by Gasteiger charge is -2.23. The van der Waals surface area contributed by atoms with Crippen molar-refractivity contribution in [2.24, 2.45) is 5.73 Å². The normalized spacial score (nSPS) is 15.7. The van der Waals surface area contributed by atoms with Crippen molar-refractivity contribution in [2.75, 3.05) is 11.9 Å². The minimum absolute atomic E-state index is 0.173. The molecule has 5 rings (SSSR count). The quantitative estimate of drug-likeness (QED) is 0.421. The summed E-state index contributed by atoms with van der Waals surface area (Å²) in [5, 5.41) is 8.40. The monoisotopic (exact) mass is 481 g/mol. The summed E-state index contributed by atoms with van der Waals surface area (Å²) in [4.78, 5) is 40.5. The first kappa shape index (κ1) is 23.4. The lowest BCUT2D eigenvalue weighted by Crippen LogP contribution is -2.39. The van der Waals surface area contributed by atoms with Crippen LogP contribution in [0.4, 0.5) is 5.69 Å². The van der Waals surface area contributed by atoms with E-state index < -0.39 is 5.91 Å². The van der Waals surface area contributed by atoms with Gasteiger partial charge in [-0.05, 0) is 42.6 Å². The van der Waals surface area contributed by atoms with Crippen LogP contribution in [0.1, 0.15) is 34.5 Å². The zero-order valence-electron chi connectivity index (χ0n) is 19.8. The van der Waals surface area contributed by atoms with Gasteiger partial charge in [-0.2, -0.15) is 5.10 Å². The second kappa shape index (κ2) is 10.1. The summed E-state index contributed by atoms with van der Waals surface area (Å²) in [6.45, 7) is 1.52. The largest absolute Gasteiger partial charge is 0.368 e. The number of nitrogens with two attached hydrogens (primary N) is 1. The number of carbonyl (C=O) groups is 2. The van der Waals surface area contributed by atoms with Gasteiger partial charge in [0.2, 0.25) is 5.91 Å². The van der Waals surface area contributed by atoms with Gasteiger partial charge in [0.1, 0.15) is 0 Å². The molecule has 1 fully saturated rings. The molecule has 0 spiro atoms. The smallest absolute Gasteiger partial charge is 0.276 e. The molecule has 8 heteroatoms. The number of aromatic nitrogens is 2. The average Bonchev–Trinajstić information content (AvgIpc) is 3.36. The van der Waals surface area contributed by atoms with Gasteiger partial charge in [-0.15, -0.1) is 0 Å². The van der Waals surface area contributed by atoms with Crippen molar-refractivity contribution in [2.45, 2.75) is 32.0 Å². The van der Waals surface area contributed by atoms with Crippen LogP contribution < -0.4 is 16.6 Å². The van der Waals surface area contributed by atoms with Gasteiger partial charge in [0, 0.05) is 17.6 Å². The van der Waals surface area contributed by atoms with E-state index >= 15 is 0 Å². The third kappa shape index (κ3) is 4.76. The minimum atomic E-state index is -0.409. The molecular weight excluding hydrogens is 454 g/mol. The number of anilines is 1. The molecule has 1 atom stereocenters. The average molecular weight is 482 g/mol. The number of fused-ring (bicyclic) bond motifs is 1. The number of benzene rings is 3. The van der Waals surface area contributed by atoms with Gasteiger partial charge in [0.25, 0.3) is 11.5 Å². The second-order valence-electron chi connectivity index (χ2n) is 8.98. The third-order valence-corrected chi connectivity index (χ3v) is 6.59. The predicted molar refractivity (Wildman–Crippen MR) is 139 cm³/mol. The number of carbonyl (C=O) groups excluding carboxylic acids is 2. The number of likely N-dealkylation sites (tertiary alicyclic amines) is 1. The summed E-state index contributed by atoms with van der Waals surface area (Å²) in [5.74, 6) is -0.737. The molecule has 1 aliphatic rings. The molecule has 2 heterocycles. The number of hydrogen-bond donors (Lipinski definition) is 2. The molecule has 1 aromatic heterocycles. The molecule has 1 aliphatic heterocycles. The molecule has 36 heavy (non-hydrogen) atoms. The van der Waals surface area contributed by atoms with Crippen LogP contribution in [0.3, 0.4) is 0 Å². The zero-order valence-corrected chi connectivity index (χ0v) is 19.8. The van der Waals surface area contributed by atoms with Crippen LogP contribution in [-0.2, 0) is 17.9 Å². The molecule has 8 nitrogen and oxygen atoms in total. The van der Waals surface area contributed by atoms with Crippen molar-refractivity contribution >= 4 is 28.3 Å². The third-order valence-electron chi connectivity index (χ3n) is 6.59. The number of hydrogen-bond acceptors (Lipinski definition) is 5. The maximum atomic E-state index is 13.5.